The Balaban J connectivity index is 2.00. The SMILES string of the molecule is CSC(=O)Nc1cccc(NC(=O)C2CC2)c1. The summed E-state index contributed by atoms with van der Waals surface area (Å²) in [5.74, 6) is 0.248. The van der Waals surface area contributed by atoms with Crippen LogP contribution in [0.5, 0.6) is 0 Å². The van der Waals surface area contributed by atoms with Crippen LogP contribution in [0.2, 0.25) is 0 Å². The Morgan fingerprint density at radius 2 is 1.88 bits per heavy atom. The first-order valence-corrected chi connectivity index (χ1v) is 6.67. The lowest BCUT2D eigenvalue weighted by Crippen LogP contribution is -2.13. The molecule has 0 aliphatic heterocycles. The molecule has 1 saturated carbocycles. The average Bonchev–Trinajstić information content (AvgIpc) is 3.13. The predicted molar refractivity (Wildman–Crippen MR) is 70.3 cm³/mol. The lowest BCUT2D eigenvalue weighted by atomic mass is 10.2. The number of hydrogen-bond donors (Lipinski definition) is 2. The zero-order valence-electron chi connectivity index (χ0n) is 9.53. The summed E-state index contributed by atoms with van der Waals surface area (Å²) < 4.78 is 0. The summed E-state index contributed by atoms with van der Waals surface area (Å²) in [7, 11) is 0. The van der Waals surface area contributed by atoms with E-state index in [1.54, 1.807) is 24.5 Å². The summed E-state index contributed by atoms with van der Waals surface area (Å²) in [4.78, 5) is 22.8. The van der Waals surface area contributed by atoms with Gasteiger partial charge < -0.3 is 10.6 Å². The summed E-state index contributed by atoms with van der Waals surface area (Å²) in [6.45, 7) is 0. The number of carbonyl (C=O) groups excluding carboxylic acids is 2. The Kier molecular flexibility index (Phi) is 3.68. The van der Waals surface area contributed by atoms with Crippen molar-refractivity contribution in [2.24, 2.45) is 5.92 Å². The van der Waals surface area contributed by atoms with Crippen molar-refractivity contribution in [3.63, 3.8) is 0 Å². The second kappa shape index (κ2) is 5.23. The topological polar surface area (TPSA) is 58.2 Å². The standard InChI is InChI=1S/C12H14N2O2S/c1-17-12(16)14-10-4-2-3-9(7-10)13-11(15)8-5-6-8/h2-4,7-8H,5-6H2,1H3,(H,13,15)(H,14,16). The van der Waals surface area contributed by atoms with Crippen molar-refractivity contribution in [2.75, 3.05) is 16.9 Å². The van der Waals surface area contributed by atoms with Crippen LogP contribution in [-0.2, 0) is 4.79 Å². The molecule has 0 bridgehead atoms. The number of rotatable bonds is 3. The van der Waals surface area contributed by atoms with E-state index < -0.39 is 0 Å². The van der Waals surface area contributed by atoms with Gasteiger partial charge in [-0.15, -0.1) is 0 Å². The van der Waals surface area contributed by atoms with Gasteiger partial charge in [0, 0.05) is 17.3 Å². The smallest absolute Gasteiger partial charge is 0.283 e. The lowest BCUT2D eigenvalue weighted by molar-refractivity contribution is -0.117. The number of thioether (sulfide) groups is 1. The molecule has 4 nitrogen and oxygen atoms in total. The molecule has 0 heterocycles. The minimum absolute atomic E-state index is 0.0679. The van der Waals surface area contributed by atoms with Gasteiger partial charge in [0.15, 0.2) is 0 Å². The van der Waals surface area contributed by atoms with Gasteiger partial charge in [-0.1, -0.05) is 17.8 Å². The van der Waals surface area contributed by atoms with E-state index in [0.717, 1.165) is 30.3 Å². The summed E-state index contributed by atoms with van der Waals surface area (Å²) in [6, 6.07) is 7.17. The van der Waals surface area contributed by atoms with Crippen LogP contribution in [0, 0.1) is 5.92 Å². The van der Waals surface area contributed by atoms with Gasteiger partial charge in [-0.2, -0.15) is 0 Å². The summed E-state index contributed by atoms with van der Waals surface area (Å²) in [6.07, 6.45) is 3.68. The molecule has 0 aromatic heterocycles. The quantitative estimate of drug-likeness (QED) is 0.867. The molecule has 0 radical (unpaired) electrons. The zero-order valence-corrected chi connectivity index (χ0v) is 10.3. The molecule has 0 spiro atoms. The largest absolute Gasteiger partial charge is 0.326 e. The molecule has 17 heavy (non-hydrogen) atoms. The van der Waals surface area contributed by atoms with Crippen LogP contribution in [0.4, 0.5) is 16.2 Å². The molecular formula is C12H14N2O2S. The lowest BCUT2D eigenvalue weighted by Gasteiger charge is -2.07. The fourth-order valence-electron chi connectivity index (χ4n) is 1.43. The third-order valence-electron chi connectivity index (χ3n) is 2.51. The van der Waals surface area contributed by atoms with E-state index in [2.05, 4.69) is 10.6 Å². The van der Waals surface area contributed by atoms with Gasteiger partial charge in [-0.3, -0.25) is 9.59 Å². The summed E-state index contributed by atoms with van der Waals surface area (Å²) in [5, 5.41) is 5.45. The van der Waals surface area contributed by atoms with E-state index in [9.17, 15) is 9.59 Å². The Labute approximate surface area is 104 Å². The number of carbonyl (C=O) groups is 2. The molecule has 1 aromatic carbocycles. The van der Waals surface area contributed by atoms with Crippen LogP contribution in [0.15, 0.2) is 24.3 Å². The molecule has 1 aromatic rings. The average molecular weight is 250 g/mol. The van der Waals surface area contributed by atoms with Crippen molar-refractivity contribution in [2.45, 2.75) is 12.8 Å². The van der Waals surface area contributed by atoms with Crippen LogP contribution >= 0.6 is 11.8 Å². The molecule has 2 rings (SSSR count). The Bertz CT molecular complexity index is 444. The van der Waals surface area contributed by atoms with Crippen LogP contribution in [0.1, 0.15) is 12.8 Å². The van der Waals surface area contributed by atoms with E-state index in [4.69, 9.17) is 0 Å². The number of hydrogen-bond acceptors (Lipinski definition) is 3. The molecule has 1 aliphatic rings. The Morgan fingerprint density at radius 1 is 1.24 bits per heavy atom. The van der Waals surface area contributed by atoms with Crippen molar-refractivity contribution < 1.29 is 9.59 Å². The molecule has 0 saturated heterocycles. The van der Waals surface area contributed by atoms with E-state index in [0.29, 0.717) is 5.69 Å². The van der Waals surface area contributed by atoms with Gasteiger partial charge in [0.1, 0.15) is 0 Å². The van der Waals surface area contributed by atoms with Crippen molar-refractivity contribution in [3.05, 3.63) is 24.3 Å². The molecule has 1 aliphatic carbocycles. The monoisotopic (exact) mass is 250 g/mol. The van der Waals surface area contributed by atoms with Crippen LogP contribution in [0.25, 0.3) is 0 Å². The van der Waals surface area contributed by atoms with Crippen molar-refractivity contribution in [1.82, 2.24) is 0 Å². The molecule has 2 N–H and O–H groups in total. The van der Waals surface area contributed by atoms with Gasteiger partial charge in [-0.05, 0) is 37.3 Å². The Hall–Kier alpha value is -1.49. The molecule has 5 heteroatoms. The molecule has 2 amide bonds. The molecule has 0 unspecified atom stereocenters. The van der Waals surface area contributed by atoms with Crippen LogP contribution in [0.3, 0.4) is 0 Å². The van der Waals surface area contributed by atoms with E-state index in [-0.39, 0.29) is 17.1 Å². The maximum atomic E-state index is 11.6. The van der Waals surface area contributed by atoms with Crippen LogP contribution in [-0.4, -0.2) is 17.4 Å². The number of nitrogens with one attached hydrogen (secondary N) is 2. The van der Waals surface area contributed by atoms with E-state index in [1.807, 2.05) is 6.07 Å². The minimum Gasteiger partial charge on any atom is -0.326 e. The molecule has 90 valence electrons. The predicted octanol–water partition coefficient (Wildman–Crippen LogP) is 2.93. The zero-order chi connectivity index (χ0) is 12.3. The number of benzene rings is 1. The normalized spacial score (nSPS) is 14.2. The van der Waals surface area contributed by atoms with E-state index in [1.165, 1.54) is 0 Å². The fraction of sp³-hybridized carbons (Fsp3) is 0.333. The number of anilines is 2. The molecule has 0 atom stereocenters. The van der Waals surface area contributed by atoms with Crippen molar-refractivity contribution >= 4 is 34.3 Å². The fourth-order valence-corrected chi connectivity index (χ4v) is 1.65. The highest BCUT2D eigenvalue weighted by Gasteiger charge is 2.29. The molecule has 1 fully saturated rings. The first-order valence-electron chi connectivity index (χ1n) is 5.45. The van der Waals surface area contributed by atoms with E-state index >= 15 is 0 Å². The first kappa shape index (κ1) is 12.0. The minimum atomic E-state index is -0.115. The highest BCUT2D eigenvalue weighted by molar-refractivity contribution is 8.13. The van der Waals surface area contributed by atoms with Gasteiger partial charge in [0.2, 0.25) is 5.91 Å². The summed E-state index contributed by atoms with van der Waals surface area (Å²) in [5.41, 5.74) is 1.42. The molecular weight excluding hydrogens is 236 g/mol. The second-order valence-electron chi connectivity index (χ2n) is 3.96. The maximum absolute atomic E-state index is 11.6. The third-order valence-corrected chi connectivity index (χ3v) is 2.98. The number of amides is 2. The van der Waals surface area contributed by atoms with Crippen molar-refractivity contribution in [1.29, 1.82) is 0 Å². The summed E-state index contributed by atoms with van der Waals surface area (Å²) >= 11 is 1.12. The highest BCUT2D eigenvalue weighted by atomic mass is 32.2. The highest BCUT2D eigenvalue weighted by Crippen LogP contribution is 2.30. The maximum Gasteiger partial charge on any atom is 0.283 e. The second-order valence-corrected chi connectivity index (χ2v) is 4.74. The van der Waals surface area contributed by atoms with Gasteiger partial charge in [0.05, 0.1) is 0 Å². The van der Waals surface area contributed by atoms with Gasteiger partial charge >= 0.3 is 0 Å². The van der Waals surface area contributed by atoms with Gasteiger partial charge in [-0.25, -0.2) is 0 Å². The van der Waals surface area contributed by atoms with Crippen molar-refractivity contribution in [3.8, 4) is 0 Å². The van der Waals surface area contributed by atoms with Gasteiger partial charge in [0.25, 0.3) is 5.24 Å². The Morgan fingerprint density at radius 3 is 2.47 bits per heavy atom. The van der Waals surface area contributed by atoms with Crippen LogP contribution < -0.4 is 10.6 Å². The third kappa shape index (κ3) is 3.49. The first-order chi connectivity index (χ1) is 8.19.